The molecule has 0 bridgehead atoms. The third kappa shape index (κ3) is 4.02. The molecule has 0 fully saturated rings. The summed E-state index contributed by atoms with van der Waals surface area (Å²) in [6.45, 7) is 0.242. The Labute approximate surface area is 111 Å². The summed E-state index contributed by atoms with van der Waals surface area (Å²) in [6, 6.07) is 0. The standard InChI is InChI=1S/C10H14F5NO4/c1-3-8(19,7(18)20-4-2)6(17)16-5-9(11,12)10(13,14)15/h19H,3-5H2,1-2H3,(H,16,17). The van der Waals surface area contributed by atoms with Crippen molar-refractivity contribution in [2.24, 2.45) is 0 Å². The van der Waals surface area contributed by atoms with Crippen molar-refractivity contribution in [1.29, 1.82) is 0 Å². The molecule has 10 heteroatoms. The first-order chi connectivity index (χ1) is 8.92. The molecular weight excluding hydrogens is 293 g/mol. The molecule has 1 atom stereocenters. The van der Waals surface area contributed by atoms with Crippen LogP contribution in [0.25, 0.3) is 0 Å². The number of aliphatic hydroxyl groups is 1. The van der Waals surface area contributed by atoms with E-state index in [4.69, 9.17) is 0 Å². The minimum absolute atomic E-state index is 0.201. The van der Waals surface area contributed by atoms with E-state index in [0.717, 1.165) is 0 Å². The molecule has 0 aromatic rings. The van der Waals surface area contributed by atoms with Crippen LogP contribution in [0.15, 0.2) is 0 Å². The predicted octanol–water partition coefficient (Wildman–Crippen LogP) is 1.00. The normalized spacial score (nSPS) is 15.4. The number of hydrogen-bond acceptors (Lipinski definition) is 4. The van der Waals surface area contributed by atoms with Crippen LogP contribution >= 0.6 is 0 Å². The molecule has 0 saturated carbocycles. The summed E-state index contributed by atoms with van der Waals surface area (Å²) in [7, 11) is 0. The highest BCUT2D eigenvalue weighted by Crippen LogP contribution is 2.34. The summed E-state index contributed by atoms with van der Waals surface area (Å²) >= 11 is 0. The van der Waals surface area contributed by atoms with Gasteiger partial charge in [0.2, 0.25) is 5.60 Å². The van der Waals surface area contributed by atoms with E-state index in [9.17, 15) is 36.6 Å². The lowest BCUT2D eigenvalue weighted by Crippen LogP contribution is -2.56. The number of nitrogens with one attached hydrogen (secondary N) is 1. The third-order valence-corrected chi connectivity index (χ3v) is 2.39. The molecule has 118 valence electrons. The van der Waals surface area contributed by atoms with Crippen molar-refractivity contribution < 1.29 is 41.4 Å². The molecule has 1 unspecified atom stereocenters. The number of amides is 1. The second-order valence-corrected chi connectivity index (χ2v) is 3.82. The van der Waals surface area contributed by atoms with Crippen LogP contribution in [-0.2, 0) is 14.3 Å². The van der Waals surface area contributed by atoms with Gasteiger partial charge in [-0.05, 0) is 13.3 Å². The molecule has 0 aromatic carbocycles. The van der Waals surface area contributed by atoms with Crippen LogP contribution in [0.5, 0.6) is 0 Å². The summed E-state index contributed by atoms with van der Waals surface area (Å²) in [5.74, 6) is -8.27. The van der Waals surface area contributed by atoms with Crippen LogP contribution < -0.4 is 5.32 Å². The van der Waals surface area contributed by atoms with Crippen molar-refractivity contribution >= 4 is 11.9 Å². The number of esters is 1. The van der Waals surface area contributed by atoms with Crippen molar-refractivity contribution in [2.75, 3.05) is 13.2 Å². The third-order valence-electron chi connectivity index (χ3n) is 2.39. The molecule has 0 aromatic heterocycles. The van der Waals surface area contributed by atoms with E-state index < -0.39 is 42.5 Å². The van der Waals surface area contributed by atoms with Crippen molar-refractivity contribution in [2.45, 2.75) is 38.0 Å². The Morgan fingerprint density at radius 1 is 1.15 bits per heavy atom. The van der Waals surface area contributed by atoms with Gasteiger partial charge in [-0.2, -0.15) is 22.0 Å². The summed E-state index contributed by atoms with van der Waals surface area (Å²) < 4.78 is 65.2. The first-order valence-corrected chi connectivity index (χ1v) is 5.54. The number of ether oxygens (including phenoxy) is 1. The summed E-state index contributed by atoms with van der Waals surface area (Å²) in [6.07, 6.45) is -6.40. The molecule has 0 saturated heterocycles. The summed E-state index contributed by atoms with van der Waals surface area (Å²) in [4.78, 5) is 22.7. The molecule has 5 nitrogen and oxygen atoms in total. The Morgan fingerprint density at radius 3 is 2.00 bits per heavy atom. The Balaban J connectivity index is 4.87. The Hall–Kier alpha value is -1.45. The number of carbonyl (C=O) groups is 2. The lowest BCUT2D eigenvalue weighted by atomic mass is 10.00. The smallest absolute Gasteiger partial charge is 0.455 e. The first-order valence-electron chi connectivity index (χ1n) is 5.54. The molecule has 0 spiro atoms. The highest BCUT2D eigenvalue weighted by Gasteiger charge is 2.58. The zero-order valence-electron chi connectivity index (χ0n) is 10.7. The Kier molecular flexibility index (Phi) is 5.87. The SMILES string of the molecule is CCOC(=O)C(O)(CC)C(=O)NCC(F)(F)C(F)(F)F. The van der Waals surface area contributed by atoms with Gasteiger partial charge in [0.25, 0.3) is 5.91 Å². The fourth-order valence-corrected chi connectivity index (χ4v) is 1.09. The lowest BCUT2D eigenvalue weighted by molar-refractivity contribution is -0.279. The van der Waals surface area contributed by atoms with Crippen molar-refractivity contribution in [3.05, 3.63) is 0 Å². The van der Waals surface area contributed by atoms with Gasteiger partial charge in [0.1, 0.15) is 0 Å². The van der Waals surface area contributed by atoms with E-state index in [1.165, 1.54) is 19.2 Å². The van der Waals surface area contributed by atoms with Gasteiger partial charge in [0.05, 0.1) is 13.2 Å². The number of hydrogen-bond donors (Lipinski definition) is 2. The minimum Gasteiger partial charge on any atom is -0.463 e. The van der Waals surface area contributed by atoms with Crippen LogP contribution in [0.2, 0.25) is 0 Å². The van der Waals surface area contributed by atoms with Gasteiger partial charge in [-0.3, -0.25) is 4.79 Å². The van der Waals surface area contributed by atoms with Crippen molar-refractivity contribution in [3.8, 4) is 0 Å². The van der Waals surface area contributed by atoms with Gasteiger partial charge >= 0.3 is 18.1 Å². The quantitative estimate of drug-likeness (QED) is 0.436. The molecule has 0 heterocycles. The van der Waals surface area contributed by atoms with Gasteiger partial charge < -0.3 is 15.2 Å². The highest BCUT2D eigenvalue weighted by atomic mass is 19.4. The number of rotatable bonds is 6. The molecule has 0 radical (unpaired) electrons. The largest absolute Gasteiger partial charge is 0.463 e. The van der Waals surface area contributed by atoms with E-state index >= 15 is 0 Å². The van der Waals surface area contributed by atoms with Gasteiger partial charge in [-0.1, -0.05) is 6.92 Å². The maximum absolute atomic E-state index is 12.6. The van der Waals surface area contributed by atoms with Crippen LogP contribution in [0.4, 0.5) is 22.0 Å². The van der Waals surface area contributed by atoms with Crippen LogP contribution in [0.3, 0.4) is 0 Å². The maximum Gasteiger partial charge on any atom is 0.455 e. The maximum atomic E-state index is 12.6. The fraction of sp³-hybridized carbons (Fsp3) is 0.800. The van der Waals surface area contributed by atoms with Crippen LogP contribution in [-0.4, -0.2) is 47.8 Å². The van der Waals surface area contributed by atoms with Gasteiger partial charge in [-0.25, -0.2) is 4.79 Å². The van der Waals surface area contributed by atoms with Crippen molar-refractivity contribution in [1.82, 2.24) is 5.32 Å². The number of halogens is 5. The van der Waals surface area contributed by atoms with Gasteiger partial charge in [0, 0.05) is 0 Å². The minimum atomic E-state index is -5.85. The van der Waals surface area contributed by atoms with E-state index in [1.54, 1.807) is 0 Å². The summed E-state index contributed by atoms with van der Waals surface area (Å²) in [5.41, 5.74) is -2.81. The zero-order chi connectivity index (χ0) is 16.2. The van der Waals surface area contributed by atoms with Crippen LogP contribution in [0, 0.1) is 0 Å². The molecule has 0 aliphatic heterocycles. The first kappa shape index (κ1) is 18.6. The molecule has 0 aliphatic rings. The predicted molar refractivity (Wildman–Crippen MR) is 55.9 cm³/mol. The van der Waals surface area contributed by atoms with Crippen LogP contribution in [0.1, 0.15) is 20.3 Å². The average molecular weight is 307 g/mol. The monoisotopic (exact) mass is 307 g/mol. The van der Waals surface area contributed by atoms with E-state index in [1.807, 2.05) is 0 Å². The summed E-state index contributed by atoms with van der Waals surface area (Å²) in [5, 5.41) is 10.9. The Morgan fingerprint density at radius 2 is 1.65 bits per heavy atom. The van der Waals surface area contributed by atoms with Gasteiger partial charge in [-0.15, -0.1) is 0 Å². The van der Waals surface area contributed by atoms with E-state index in [2.05, 4.69) is 4.74 Å². The molecule has 0 aliphatic carbocycles. The van der Waals surface area contributed by atoms with Gasteiger partial charge in [0.15, 0.2) is 0 Å². The highest BCUT2D eigenvalue weighted by molar-refractivity contribution is 6.05. The van der Waals surface area contributed by atoms with E-state index in [-0.39, 0.29) is 6.61 Å². The molecule has 20 heavy (non-hydrogen) atoms. The molecule has 2 N–H and O–H groups in total. The lowest BCUT2D eigenvalue weighted by Gasteiger charge is -2.25. The fourth-order valence-electron chi connectivity index (χ4n) is 1.09. The zero-order valence-corrected chi connectivity index (χ0v) is 10.7. The average Bonchev–Trinajstić information content (AvgIpc) is 2.33. The number of carbonyl (C=O) groups excluding carboxylic acids is 2. The van der Waals surface area contributed by atoms with E-state index in [0.29, 0.717) is 0 Å². The van der Waals surface area contributed by atoms with Crippen molar-refractivity contribution in [3.63, 3.8) is 0 Å². The topological polar surface area (TPSA) is 75.6 Å². The Bertz CT molecular complexity index is 371. The molecule has 1 amide bonds. The second kappa shape index (κ2) is 6.33. The molecule has 0 rings (SSSR count). The second-order valence-electron chi connectivity index (χ2n) is 3.82. The number of alkyl halides is 5. The molecular formula is C10H14F5NO4.